The minimum absolute atomic E-state index is 0.535. The standard InChI is InChI=1S/C12H14O/c1-4-12(13,5-2)11-8-6-7-10(3)9-11/h1,6-9,13H,5H2,2-3H3. The Morgan fingerprint density at radius 3 is 2.69 bits per heavy atom. The highest BCUT2D eigenvalue weighted by molar-refractivity contribution is 5.33. The minimum atomic E-state index is -1.11. The van der Waals surface area contributed by atoms with Crippen LogP contribution in [0.25, 0.3) is 0 Å². The predicted octanol–water partition coefficient (Wildman–Crippen LogP) is 2.23. The van der Waals surface area contributed by atoms with Gasteiger partial charge in [0.25, 0.3) is 0 Å². The monoisotopic (exact) mass is 174 g/mol. The molecule has 0 aliphatic carbocycles. The van der Waals surface area contributed by atoms with Crippen molar-refractivity contribution in [2.24, 2.45) is 0 Å². The van der Waals surface area contributed by atoms with E-state index < -0.39 is 5.60 Å². The van der Waals surface area contributed by atoms with Crippen LogP contribution in [0.4, 0.5) is 0 Å². The van der Waals surface area contributed by atoms with Crippen molar-refractivity contribution in [3.05, 3.63) is 35.4 Å². The molecule has 0 aliphatic rings. The highest BCUT2D eigenvalue weighted by Gasteiger charge is 2.23. The van der Waals surface area contributed by atoms with Crippen LogP contribution in [0.2, 0.25) is 0 Å². The van der Waals surface area contributed by atoms with Crippen molar-refractivity contribution < 1.29 is 5.11 Å². The van der Waals surface area contributed by atoms with Crippen LogP contribution in [0.15, 0.2) is 24.3 Å². The van der Waals surface area contributed by atoms with Crippen molar-refractivity contribution in [3.63, 3.8) is 0 Å². The van der Waals surface area contributed by atoms with Gasteiger partial charge in [-0.1, -0.05) is 42.7 Å². The number of aryl methyl sites for hydroxylation is 1. The zero-order valence-corrected chi connectivity index (χ0v) is 8.04. The highest BCUT2D eigenvalue weighted by Crippen LogP contribution is 2.24. The molecule has 0 bridgehead atoms. The molecule has 1 unspecified atom stereocenters. The average Bonchev–Trinajstić information content (AvgIpc) is 2.17. The summed E-state index contributed by atoms with van der Waals surface area (Å²) in [4.78, 5) is 0. The van der Waals surface area contributed by atoms with Gasteiger partial charge in [0.1, 0.15) is 5.60 Å². The molecule has 1 N–H and O–H groups in total. The second-order valence-corrected chi connectivity index (χ2v) is 3.23. The Hall–Kier alpha value is -1.26. The predicted molar refractivity (Wildman–Crippen MR) is 54.2 cm³/mol. The third-order valence-electron chi connectivity index (χ3n) is 2.25. The van der Waals surface area contributed by atoms with Gasteiger partial charge in [0.15, 0.2) is 0 Å². The van der Waals surface area contributed by atoms with Gasteiger partial charge in [-0.25, -0.2) is 0 Å². The van der Waals surface area contributed by atoms with Gasteiger partial charge >= 0.3 is 0 Å². The van der Waals surface area contributed by atoms with Gasteiger partial charge in [0.05, 0.1) is 0 Å². The molecule has 0 amide bonds. The van der Waals surface area contributed by atoms with E-state index in [0.29, 0.717) is 6.42 Å². The molecule has 1 aromatic carbocycles. The van der Waals surface area contributed by atoms with E-state index in [4.69, 9.17) is 6.42 Å². The Bertz CT molecular complexity index is 335. The third-order valence-corrected chi connectivity index (χ3v) is 2.25. The molecule has 0 spiro atoms. The quantitative estimate of drug-likeness (QED) is 0.682. The van der Waals surface area contributed by atoms with E-state index in [9.17, 15) is 5.11 Å². The lowest BCUT2D eigenvalue weighted by molar-refractivity contribution is 0.0961. The smallest absolute Gasteiger partial charge is 0.150 e. The molecule has 0 saturated carbocycles. The SMILES string of the molecule is C#CC(O)(CC)c1cccc(C)c1. The van der Waals surface area contributed by atoms with Crippen LogP contribution in [0.1, 0.15) is 24.5 Å². The van der Waals surface area contributed by atoms with Gasteiger partial charge < -0.3 is 5.11 Å². The van der Waals surface area contributed by atoms with Crippen LogP contribution in [-0.2, 0) is 5.60 Å². The Kier molecular flexibility index (Phi) is 2.75. The molecule has 1 rings (SSSR count). The molecule has 1 heteroatoms. The topological polar surface area (TPSA) is 20.2 Å². The molecule has 0 saturated heterocycles. The van der Waals surface area contributed by atoms with Gasteiger partial charge in [-0.3, -0.25) is 0 Å². The van der Waals surface area contributed by atoms with Crippen LogP contribution in [0.3, 0.4) is 0 Å². The Balaban J connectivity index is 3.14. The second-order valence-electron chi connectivity index (χ2n) is 3.23. The molecule has 13 heavy (non-hydrogen) atoms. The van der Waals surface area contributed by atoms with Crippen LogP contribution in [0.5, 0.6) is 0 Å². The van der Waals surface area contributed by atoms with Gasteiger partial charge in [-0.2, -0.15) is 0 Å². The lowest BCUT2D eigenvalue weighted by Crippen LogP contribution is -2.21. The zero-order chi connectivity index (χ0) is 9.90. The summed E-state index contributed by atoms with van der Waals surface area (Å²) in [6.07, 6.45) is 5.83. The first-order valence-corrected chi connectivity index (χ1v) is 4.39. The fraction of sp³-hybridized carbons (Fsp3) is 0.333. The molecule has 1 atom stereocenters. The second kappa shape index (κ2) is 3.64. The van der Waals surface area contributed by atoms with Gasteiger partial charge in [0, 0.05) is 0 Å². The first kappa shape index (κ1) is 9.83. The number of rotatable bonds is 2. The summed E-state index contributed by atoms with van der Waals surface area (Å²) >= 11 is 0. The lowest BCUT2D eigenvalue weighted by Gasteiger charge is -2.20. The minimum Gasteiger partial charge on any atom is -0.373 e. The molecule has 68 valence electrons. The summed E-state index contributed by atoms with van der Waals surface area (Å²) in [5.74, 6) is 2.43. The largest absolute Gasteiger partial charge is 0.373 e. The van der Waals surface area contributed by atoms with Crippen molar-refractivity contribution in [2.75, 3.05) is 0 Å². The summed E-state index contributed by atoms with van der Waals surface area (Å²) in [5.41, 5.74) is 0.809. The first-order chi connectivity index (χ1) is 6.12. The van der Waals surface area contributed by atoms with Crippen LogP contribution < -0.4 is 0 Å². The lowest BCUT2D eigenvalue weighted by atomic mass is 9.91. The van der Waals surface area contributed by atoms with Crippen molar-refractivity contribution in [1.29, 1.82) is 0 Å². The highest BCUT2D eigenvalue weighted by atomic mass is 16.3. The fourth-order valence-corrected chi connectivity index (χ4v) is 1.29. The van der Waals surface area contributed by atoms with Gasteiger partial charge in [0.2, 0.25) is 0 Å². The van der Waals surface area contributed by atoms with E-state index >= 15 is 0 Å². The molecule has 0 aromatic heterocycles. The molecule has 1 aromatic rings. The normalized spacial score (nSPS) is 14.6. The van der Waals surface area contributed by atoms with E-state index in [1.54, 1.807) is 0 Å². The Labute approximate surface area is 79.4 Å². The van der Waals surface area contributed by atoms with E-state index in [1.165, 1.54) is 0 Å². The van der Waals surface area contributed by atoms with E-state index in [1.807, 2.05) is 38.1 Å². The van der Waals surface area contributed by atoms with Gasteiger partial charge in [-0.15, -0.1) is 6.42 Å². The van der Waals surface area contributed by atoms with Crippen molar-refractivity contribution >= 4 is 0 Å². The number of hydrogen-bond donors (Lipinski definition) is 1. The maximum Gasteiger partial charge on any atom is 0.150 e. The van der Waals surface area contributed by atoms with Crippen LogP contribution in [0, 0.1) is 19.3 Å². The maximum absolute atomic E-state index is 9.99. The Morgan fingerprint density at radius 2 is 2.23 bits per heavy atom. The molecular weight excluding hydrogens is 160 g/mol. The summed E-state index contributed by atoms with van der Waals surface area (Å²) in [6, 6.07) is 7.67. The fourth-order valence-electron chi connectivity index (χ4n) is 1.29. The summed E-state index contributed by atoms with van der Waals surface area (Å²) < 4.78 is 0. The van der Waals surface area contributed by atoms with E-state index in [2.05, 4.69) is 5.92 Å². The number of terminal acetylenes is 1. The van der Waals surface area contributed by atoms with Crippen molar-refractivity contribution in [2.45, 2.75) is 25.9 Å². The van der Waals surface area contributed by atoms with Crippen molar-refractivity contribution in [1.82, 2.24) is 0 Å². The van der Waals surface area contributed by atoms with E-state index in [-0.39, 0.29) is 0 Å². The molecule has 0 aliphatic heterocycles. The van der Waals surface area contributed by atoms with Crippen molar-refractivity contribution in [3.8, 4) is 12.3 Å². The molecule has 1 nitrogen and oxygen atoms in total. The average molecular weight is 174 g/mol. The summed E-state index contributed by atoms with van der Waals surface area (Å²) in [6.45, 7) is 3.86. The number of hydrogen-bond acceptors (Lipinski definition) is 1. The summed E-state index contributed by atoms with van der Waals surface area (Å²) in [5, 5.41) is 9.99. The third kappa shape index (κ3) is 1.91. The maximum atomic E-state index is 9.99. The van der Waals surface area contributed by atoms with Gasteiger partial charge in [-0.05, 0) is 18.9 Å². The first-order valence-electron chi connectivity index (χ1n) is 4.39. The molecular formula is C12H14O. The molecule has 0 fully saturated rings. The molecule has 0 heterocycles. The summed E-state index contributed by atoms with van der Waals surface area (Å²) in [7, 11) is 0. The number of benzene rings is 1. The zero-order valence-electron chi connectivity index (χ0n) is 8.04. The Morgan fingerprint density at radius 1 is 1.54 bits per heavy atom. The number of aliphatic hydroxyl groups is 1. The van der Waals surface area contributed by atoms with Crippen LogP contribution >= 0.6 is 0 Å². The van der Waals surface area contributed by atoms with E-state index in [0.717, 1.165) is 11.1 Å². The molecule has 0 radical (unpaired) electrons. The van der Waals surface area contributed by atoms with Crippen LogP contribution in [-0.4, -0.2) is 5.11 Å².